The van der Waals surface area contributed by atoms with E-state index in [0.29, 0.717) is 23.3 Å². The average molecular weight is 484 g/mol. The zero-order valence-corrected chi connectivity index (χ0v) is 23.1. The molecule has 4 unspecified atom stereocenters. The van der Waals surface area contributed by atoms with Crippen LogP contribution in [0.2, 0.25) is 0 Å². The standard InChI is InChI=1S/C32H53NO2/c1-5-7-11-19-35-30-28(33-17-9-8-10-18-33)21-27-25-14-13-24-20-23(12-6-2)29(34)22-32(24,4)26(25)15-16-31(27,30)3/h6,23-28,30H,2,5,7-22H2,1,3-4H3/t23?,24?,25-,26-,27+,28?,30?,31+,32+/m1/s1. The minimum atomic E-state index is 0.222. The van der Waals surface area contributed by atoms with Gasteiger partial charge in [0.05, 0.1) is 6.10 Å². The van der Waals surface area contributed by atoms with Gasteiger partial charge in [0.15, 0.2) is 0 Å². The first-order chi connectivity index (χ1) is 16.9. The van der Waals surface area contributed by atoms with E-state index in [9.17, 15) is 4.79 Å². The molecule has 198 valence electrons. The van der Waals surface area contributed by atoms with Crippen LogP contribution in [-0.2, 0) is 9.53 Å². The third kappa shape index (κ3) is 4.60. The highest BCUT2D eigenvalue weighted by atomic mass is 16.5. The summed E-state index contributed by atoms with van der Waals surface area (Å²) in [6.07, 6.45) is 19.8. The molecule has 5 fully saturated rings. The summed E-state index contributed by atoms with van der Waals surface area (Å²) in [4.78, 5) is 16.1. The Bertz CT molecular complexity index is 759. The van der Waals surface area contributed by atoms with Crippen LogP contribution in [0.4, 0.5) is 0 Å². The van der Waals surface area contributed by atoms with Crippen molar-refractivity contribution in [1.82, 2.24) is 4.90 Å². The van der Waals surface area contributed by atoms with Gasteiger partial charge in [-0.1, -0.05) is 46.1 Å². The van der Waals surface area contributed by atoms with E-state index in [1.54, 1.807) is 0 Å². The Balaban J connectivity index is 1.37. The van der Waals surface area contributed by atoms with Crippen LogP contribution in [0.5, 0.6) is 0 Å². The molecule has 9 atom stereocenters. The Hall–Kier alpha value is -0.670. The third-order valence-electron chi connectivity index (χ3n) is 11.9. The first-order valence-electron chi connectivity index (χ1n) is 15.4. The van der Waals surface area contributed by atoms with Crippen molar-refractivity contribution < 1.29 is 9.53 Å². The molecule has 0 bridgehead atoms. The Morgan fingerprint density at radius 3 is 2.57 bits per heavy atom. The van der Waals surface area contributed by atoms with Crippen molar-refractivity contribution in [3.8, 4) is 0 Å². The lowest BCUT2D eigenvalue weighted by atomic mass is 9.44. The van der Waals surface area contributed by atoms with Crippen LogP contribution < -0.4 is 0 Å². The molecule has 0 aromatic rings. The Morgan fingerprint density at radius 1 is 1.03 bits per heavy atom. The van der Waals surface area contributed by atoms with Crippen molar-refractivity contribution in [2.45, 2.75) is 123 Å². The number of fused-ring (bicyclic) bond motifs is 5. The number of nitrogens with zero attached hydrogens (tertiary/aromatic N) is 1. The first kappa shape index (κ1) is 26.0. The molecule has 0 aromatic carbocycles. The molecule has 0 amide bonds. The van der Waals surface area contributed by atoms with Crippen molar-refractivity contribution in [2.75, 3.05) is 19.7 Å². The van der Waals surface area contributed by atoms with E-state index < -0.39 is 0 Å². The maximum Gasteiger partial charge on any atom is 0.136 e. The van der Waals surface area contributed by atoms with E-state index in [1.807, 2.05) is 6.08 Å². The van der Waals surface area contributed by atoms with Crippen LogP contribution in [0.15, 0.2) is 12.7 Å². The molecular weight excluding hydrogens is 430 g/mol. The summed E-state index contributed by atoms with van der Waals surface area (Å²) in [5.74, 6) is 3.79. The molecule has 0 radical (unpaired) electrons. The topological polar surface area (TPSA) is 29.5 Å². The highest BCUT2D eigenvalue weighted by Gasteiger charge is 2.64. The monoisotopic (exact) mass is 483 g/mol. The lowest BCUT2D eigenvalue weighted by molar-refractivity contribution is -0.154. The number of ketones is 1. The van der Waals surface area contributed by atoms with Gasteiger partial charge in [-0.2, -0.15) is 0 Å². The molecule has 5 rings (SSSR count). The highest BCUT2D eigenvalue weighted by Crippen LogP contribution is 2.67. The van der Waals surface area contributed by atoms with Gasteiger partial charge in [0.25, 0.3) is 0 Å². The van der Waals surface area contributed by atoms with Crippen LogP contribution in [-0.4, -0.2) is 42.5 Å². The van der Waals surface area contributed by atoms with Gasteiger partial charge in [0.2, 0.25) is 0 Å². The number of carbonyl (C=O) groups excluding carboxylic acids is 1. The summed E-state index contributed by atoms with van der Waals surface area (Å²) in [6.45, 7) is 14.9. The predicted octanol–water partition coefficient (Wildman–Crippen LogP) is 7.44. The molecular formula is C32H53NO2. The number of unbranched alkanes of at least 4 members (excludes halogenated alkanes) is 2. The van der Waals surface area contributed by atoms with Crippen LogP contribution in [0.3, 0.4) is 0 Å². The van der Waals surface area contributed by atoms with Gasteiger partial charge in [-0.25, -0.2) is 0 Å². The van der Waals surface area contributed by atoms with Crippen LogP contribution >= 0.6 is 0 Å². The second kappa shape index (κ2) is 10.6. The van der Waals surface area contributed by atoms with Gasteiger partial charge in [-0.3, -0.25) is 9.69 Å². The van der Waals surface area contributed by atoms with Crippen molar-refractivity contribution >= 4 is 5.78 Å². The van der Waals surface area contributed by atoms with Crippen LogP contribution in [0.25, 0.3) is 0 Å². The van der Waals surface area contributed by atoms with Gasteiger partial charge in [0.1, 0.15) is 5.78 Å². The molecule has 0 N–H and O–H groups in total. The van der Waals surface area contributed by atoms with E-state index in [2.05, 4.69) is 32.3 Å². The summed E-state index contributed by atoms with van der Waals surface area (Å²) in [7, 11) is 0. The second-order valence-corrected chi connectivity index (χ2v) is 13.7. The number of ether oxygens (including phenoxy) is 1. The molecule has 5 aliphatic rings. The minimum Gasteiger partial charge on any atom is -0.376 e. The zero-order chi connectivity index (χ0) is 24.6. The molecule has 1 heterocycles. The number of allylic oxidation sites excluding steroid dienone is 1. The van der Waals surface area contributed by atoms with Crippen molar-refractivity contribution in [3.05, 3.63) is 12.7 Å². The molecule has 35 heavy (non-hydrogen) atoms. The smallest absolute Gasteiger partial charge is 0.136 e. The Labute approximate surface area is 215 Å². The summed E-state index contributed by atoms with van der Waals surface area (Å²) in [6, 6.07) is 0.612. The Morgan fingerprint density at radius 2 is 1.83 bits per heavy atom. The van der Waals surface area contributed by atoms with Gasteiger partial charge in [0, 0.05) is 25.0 Å². The molecule has 0 spiro atoms. The van der Waals surface area contributed by atoms with Crippen molar-refractivity contribution in [3.63, 3.8) is 0 Å². The summed E-state index contributed by atoms with van der Waals surface area (Å²) < 4.78 is 6.91. The van der Waals surface area contributed by atoms with Gasteiger partial charge >= 0.3 is 0 Å². The molecule has 3 heteroatoms. The number of rotatable bonds is 8. The largest absolute Gasteiger partial charge is 0.376 e. The van der Waals surface area contributed by atoms with E-state index >= 15 is 0 Å². The van der Waals surface area contributed by atoms with E-state index in [-0.39, 0.29) is 11.3 Å². The quantitative estimate of drug-likeness (QED) is 0.265. The summed E-state index contributed by atoms with van der Waals surface area (Å²) >= 11 is 0. The highest BCUT2D eigenvalue weighted by molar-refractivity contribution is 5.82. The number of hydrogen-bond acceptors (Lipinski definition) is 3. The lowest BCUT2D eigenvalue weighted by Gasteiger charge is -2.60. The Kier molecular flexibility index (Phi) is 7.86. The number of hydrogen-bond donors (Lipinski definition) is 0. The lowest BCUT2D eigenvalue weighted by Crippen LogP contribution is -2.56. The van der Waals surface area contributed by atoms with E-state index in [0.717, 1.165) is 49.5 Å². The average Bonchev–Trinajstić information content (AvgIpc) is 3.15. The molecule has 4 saturated carbocycles. The van der Waals surface area contributed by atoms with Gasteiger partial charge < -0.3 is 4.74 Å². The number of carbonyl (C=O) groups is 1. The van der Waals surface area contributed by atoms with Crippen molar-refractivity contribution in [2.24, 2.45) is 40.4 Å². The van der Waals surface area contributed by atoms with Crippen molar-refractivity contribution in [1.29, 1.82) is 0 Å². The zero-order valence-electron chi connectivity index (χ0n) is 23.1. The predicted molar refractivity (Wildman–Crippen MR) is 144 cm³/mol. The fraction of sp³-hybridized carbons (Fsp3) is 0.906. The third-order valence-corrected chi connectivity index (χ3v) is 11.9. The summed E-state index contributed by atoms with van der Waals surface area (Å²) in [5.41, 5.74) is 0.530. The number of piperidine rings is 1. The number of Topliss-reactive ketones (excluding diaryl/α,β-unsaturated/α-hetero) is 1. The molecule has 0 aromatic heterocycles. The van der Waals surface area contributed by atoms with E-state index in [1.165, 1.54) is 83.7 Å². The molecule has 1 aliphatic heterocycles. The fourth-order valence-electron chi connectivity index (χ4n) is 10.0. The van der Waals surface area contributed by atoms with Crippen LogP contribution in [0, 0.1) is 40.4 Å². The number of likely N-dealkylation sites (tertiary alicyclic amines) is 1. The first-order valence-corrected chi connectivity index (χ1v) is 15.4. The van der Waals surface area contributed by atoms with Gasteiger partial charge in [-0.05, 0) is 112 Å². The SMILES string of the molecule is C=CCC1CC2CC[C@@H]3[C@@H](CC[C@]4(C)C(OCCCCC)C(N5CCCCC5)C[C@@H]34)[C@@]2(C)CC1=O. The minimum absolute atomic E-state index is 0.222. The summed E-state index contributed by atoms with van der Waals surface area (Å²) in [5, 5.41) is 0. The molecule has 4 aliphatic carbocycles. The maximum absolute atomic E-state index is 13.2. The van der Waals surface area contributed by atoms with E-state index in [4.69, 9.17) is 4.74 Å². The maximum atomic E-state index is 13.2. The fourth-order valence-corrected chi connectivity index (χ4v) is 10.0. The van der Waals surface area contributed by atoms with Crippen LogP contribution in [0.1, 0.15) is 111 Å². The second-order valence-electron chi connectivity index (χ2n) is 13.7. The molecule has 1 saturated heterocycles. The molecule has 3 nitrogen and oxygen atoms in total. The normalized spacial score (nSPS) is 46.0. The van der Waals surface area contributed by atoms with Gasteiger partial charge in [-0.15, -0.1) is 6.58 Å².